The number of nitrogens with zero attached hydrogens (tertiary/aromatic N) is 1. The van der Waals surface area contributed by atoms with Crippen LogP contribution < -0.4 is 15.8 Å². The Kier molecular flexibility index (Phi) is 5.07. The third kappa shape index (κ3) is 6.48. The molecule has 1 rings (SSSR count). The first kappa shape index (κ1) is 16.4. The number of pyridine rings is 1. The molecule has 1 aromatic rings. The third-order valence-electron chi connectivity index (χ3n) is 2.38. The predicted molar refractivity (Wildman–Crippen MR) is 77.4 cm³/mol. The Hall–Kier alpha value is -1.67. The summed E-state index contributed by atoms with van der Waals surface area (Å²) in [6.07, 6.45) is 2.68. The van der Waals surface area contributed by atoms with Gasteiger partial charge in [0.1, 0.15) is 0 Å². The minimum Gasteiger partial charge on any atom is -0.397 e. The number of amides is 1. The van der Waals surface area contributed by atoms with E-state index in [4.69, 9.17) is 5.73 Å². The Morgan fingerprint density at radius 1 is 1.40 bits per heavy atom. The number of carbonyl (C=O) groups excluding carboxylic acids is 1. The zero-order valence-corrected chi connectivity index (χ0v) is 12.6. The molecule has 8 heteroatoms. The molecule has 0 atom stereocenters. The van der Waals surface area contributed by atoms with Crippen molar-refractivity contribution in [3.63, 3.8) is 0 Å². The van der Waals surface area contributed by atoms with E-state index < -0.39 is 15.6 Å². The van der Waals surface area contributed by atoms with Crippen molar-refractivity contribution in [2.24, 2.45) is 0 Å². The van der Waals surface area contributed by atoms with Crippen molar-refractivity contribution in [3.8, 4) is 0 Å². The Balaban J connectivity index is 2.49. The molecule has 1 aromatic heterocycles. The van der Waals surface area contributed by atoms with Gasteiger partial charge in [0.15, 0.2) is 0 Å². The number of nitrogens with two attached hydrogens (primary N) is 1. The summed E-state index contributed by atoms with van der Waals surface area (Å²) < 4.78 is 24.8. The normalized spacial score (nSPS) is 12.2. The van der Waals surface area contributed by atoms with Gasteiger partial charge in [0.2, 0.25) is 15.9 Å². The fourth-order valence-corrected chi connectivity index (χ4v) is 2.70. The Morgan fingerprint density at radius 2 is 2.05 bits per heavy atom. The van der Waals surface area contributed by atoms with Crippen molar-refractivity contribution in [1.82, 2.24) is 15.0 Å². The van der Waals surface area contributed by atoms with E-state index in [9.17, 15) is 13.2 Å². The van der Waals surface area contributed by atoms with Crippen LogP contribution in [0, 0.1) is 0 Å². The quantitative estimate of drug-likeness (QED) is 0.664. The first-order chi connectivity index (χ1) is 9.07. The van der Waals surface area contributed by atoms with Crippen molar-refractivity contribution in [3.05, 3.63) is 24.0 Å². The zero-order chi connectivity index (χ0) is 15.4. The number of hydrogen-bond donors (Lipinski definition) is 3. The molecule has 0 aromatic carbocycles. The molecule has 0 bridgehead atoms. The van der Waals surface area contributed by atoms with E-state index in [1.54, 1.807) is 26.0 Å². The summed E-state index contributed by atoms with van der Waals surface area (Å²) in [6, 6.07) is 3.35. The van der Waals surface area contributed by atoms with E-state index >= 15 is 0 Å². The molecular weight excluding hydrogens is 280 g/mol. The fourth-order valence-electron chi connectivity index (χ4n) is 1.63. The Morgan fingerprint density at radius 3 is 2.55 bits per heavy atom. The van der Waals surface area contributed by atoms with Gasteiger partial charge in [0.05, 0.1) is 24.6 Å². The molecule has 0 radical (unpaired) electrons. The number of nitrogen functional groups attached to an aromatic ring is 1. The van der Waals surface area contributed by atoms with Gasteiger partial charge in [-0.2, -0.15) is 0 Å². The maximum absolute atomic E-state index is 11.8. The standard InChI is InChI=1S/C12H20N4O3S/c1-12(2,16-20(3,18)19)8-15-11(17)6-10-5-4-9(13)7-14-10/h4-5,7,16H,6,8,13H2,1-3H3,(H,15,17). The van der Waals surface area contributed by atoms with Gasteiger partial charge < -0.3 is 11.1 Å². The van der Waals surface area contributed by atoms with Crippen LogP contribution in [0.5, 0.6) is 0 Å². The van der Waals surface area contributed by atoms with E-state index in [0.717, 1.165) is 6.26 Å². The molecule has 0 fully saturated rings. The number of aromatic nitrogens is 1. The van der Waals surface area contributed by atoms with Crippen molar-refractivity contribution in [2.45, 2.75) is 25.8 Å². The van der Waals surface area contributed by atoms with E-state index in [1.165, 1.54) is 6.20 Å². The SMILES string of the molecule is CC(C)(CNC(=O)Cc1ccc(N)cn1)NS(C)(=O)=O. The van der Waals surface area contributed by atoms with Crippen LogP contribution in [0.4, 0.5) is 5.69 Å². The largest absolute Gasteiger partial charge is 0.397 e. The van der Waals surface area contributed by atoms with Crippen LogP contribution in [-0.4, -0.2) is 37.6 Å². The van der Waals surface area contributed by atoms with Gasteiger partial charge in [-0.25, -0.2) is 13.1 Å². The highest BCUT2D eigenvalue weighted by atomic mass is 32.2. The molecule has 20 heavy (non-hydrogen) atoms. The highest BCUT2D eigenvalue weighted by Gasteiger charge is 2.22. The molecule has 1 amide bonds. The van der Waals surface area contributed by atoms with Gasteiger partial charge in [-0.3, -0.25) is 9.78 Å². The van der Waals surface area contributed by atoms with Gasteiger partial charge in [0.25, 0.3) is 0 Å². The van der Waals surface area contributed by atoms with E-state index in [2.05, 4.69) is 15.0 Å². The molecule has 0 saturated heterocycles. The van der Waals surface area contributed by atoms with Gasteiger partial charge >= 0.3 is 0 Å². The van der Waals surface area contributed by atoms with Crippen LogP contribution in [0.3, 0.4) is 0 Å². The smallest absolute Gasteiger partial charge is 0.226 e. The summed E-state index contributed by atoms with van der Waals surface area (Å²) in [5.74, 6) is -0.231. The number of rotatable bonds is 6. The predicted octanol–water partition coefficient (Wildman–Crippen LogP) is -0.350. The van der Waals surface area contributed by atoms with Crippen LogP contribution in [0.25, 0.3) is 0 Å². The first-order valence-electron chi connectivity index (χ1n) is 6.03. The highest BCUT2D eigenvalue weighted by molar-refractivity contribution is 7.88. The lowest BCUT2D eigenvalue weighted by atomic mass is 10.1. The van der Waals surface area contributed by atoms with Crippen LogP contribution in [0.2, 0.25) is 0 Å². The van der Waals surface area contributed by atoms with E-state index in [-0.39, 0.29) is 18.9 Å². The molecule has 4 N–H and O–H groups in total. The molecule has 0 aliphatic heterocycles. The van der Waals surface area contributed by atoms with E-state index in [1.807, 2.05) is 0 Å². The summed E-state index contributed by atoms with van der Waals surface area (Å²) in [6.45, 7) is 3.57. The van der Waals surface area contributed by atoms with Crippen molar-refractivity contribution >= 4 is 21.6 Å². The van der Waals surface area contributed by atoms with Crippen molar-refractivity contribution in [2.75, 3.05) is 18.5 Å². The number of sulfonamides is 1. The molecule has 1 heterocycles. The second-order valence-electron chi connectivity index (χ2n) is 5.29. The van der Waals surface area contributed by atoms with Crippen LogP contribution >= 0.6 is 0 Å². The second-order valence-corrected chi connectivity index (χ2v) is 7.04. The average molecular weight is 300 g/mol. The third-order valence-corrected chi connectivity index (χ3v) is 3.30. The molecule has 112 valence electrons. The Bertz CT molecular complexity index is 567. The summed E-state index contributed by atoms with van der Waals surface area (Å²) in [5, 5.41) is 2.67. The highest BCUT2D eigenvalue weighted by Crippen LogP contribution is 2.04. The first-order valence-corrected chi connectivity index (χ1v) is 7.93. The molecule has 0 unspecified atom stereocenters. The minimum atomic E-state index is -3.32. The number of hydrogen-bond acceptors (Lipinski definition) is 5. The van der Waals surface area contributed by atoms with Crippen molar-refractivity contribution < 1.29 is 13.2 Å². The molecule has 0 aliphatic rings. The van der Waals surface area contributed by atoms with Crippen LogP contribution in [0.1, 0.15) is 19.5 Å². The zero-order valence-electron chi connectivity index (χ0n) is 11.8. The monoisotopic (exact) mass is 300 g/mol. The number of nitrogens with one attached hydrogen (secondary N) is 2. The van der Waals surface area contributed by atoms with Gasteiger partial charge in [-0.15, -0.1) is 0 Å². The summed E-state index contributed by atoms with van der Waals surface area (Å²) in [5.41, 5.74) is 5.89. The molecule has 0 saturated carbocycles. The molecule has 7 nitrogen and oxygen atoms in total. The lowest BCUT2D eigenvalue weighted by Crippen LogP contribution is -2.51. The second kappa shape index (κ2) is 6.19. The Labute approximate surface area is 119 Å². The number of carbonyl (C=O) groups is 1. The van der Waals surface area contributed by atoms with Crippen molar-refractivity contribution in [1.29, 1.82) is 0 Å². The summed E-state index contributed by atoms with van der Waals surface area (Å²) in [4.78, 5) is 15.8. The molecular formula is C12H20N4O3S. The summed E-state index contributed by atoms with van der Waals surface area (Å²) >= 11 is 0. The fraction of sp³-hybridized carbons (Fsp3) is 0.500. The molecule has 0 spiro atoms. The van der Waals surface area contributed by atoms with E-state index in [0.29, 0.717) is 11.4 Å². The lowest BCUT2D eigenvalue weighted by Gasteiger charge is -2.25. The van der Waals surface area contributed by atoms with Gasteiger partial charge in [-0.1, -0.05) is 0 Å². The van der Waals surface area contributed by atoms with Gasteiger partial charge in [0, 0.05) is 17.8 Å². The van der Waals surface area contributed by atoms with Gasteiger partial charge in [-0.05, 0) is 26.0 Å². The number of anilines is 1. The lowest BCUT2D eigenvalue weighted by molar-refractivity contribution is -0.120. The maximum atomic E-state index is 11.8. The topological polar surface area (TPSA) is 114 Å². The average Bonchev–Trinajstić information content (AvgIpc) is 2.27. The summed E-state index contributed by atoms with van der Waals surface area (Å²) in [7, 11) is -3.32. The molecule has 0 aliphatic carbocycles. The minimum absolute atomic E-state index is 0.120. The maximum Gasteiger partial charge on any atom is 0.226 e. The van der Waals surface area contributed by atoms with Crippen LogP contribution in [-0.2, 0) is 21.2 Å². The van der Waals surface area contributed by atoms with Crippen LogP contribution in [0.15, 0.2) is 18.3 Å².